The average Bonchev–Trinajstić information content (AvgIpc) is 2.45. The highest BCUT2D eigenvalue weighted by molar-refractivity contribution is 5.78. The molecule has 84 valence electrons. The zero-order valence-corrected chi connectivity index (χ0v) is 9.92. The maximum absolute atomic E-state index is 11.5. The number of carbonyl (C=O) groups is 1. The number of hydrogen-bond acceptors (Lipinski definition) is 3. The van der Waals surface area contributed by atoms with Gasteiger partial charge in [0.25, 0.3) is 0 Å². The maximum atomic E-state index is 11.5. The third kappa shape index (κ3) is 2.58. The second-order valence-electron chi connectivity index (χ2n) is 4.12. The maximum Gasteiger partial charge on any atom is 0.223 e. The molecule has 1 unspecified atom stereocenters. The van der Waals surface area contributed by atoms with Crippen LogP contribution in [-0.4, -0.2) is 11.1 Å². The molecule has 4 nitrogen and oxygen atoms in total. The molecule has 0 aliphatic heterocycles. The Bertz CT molecular complexity index is 336. The Balaban J connectivity index is 2.77. The van der Waals surface area contributed by atoms with Crippen molar-refractivity contribution in [3.05, 3.63) is 17.0 Å². The van der Waals surface area contributed by atoms with Crippen molar-refractivity contribution in [2.45, 2.75) is 40.7 Å². The van der Waals surface area contributed by atoms with Gasteiger partial charge in [0.15, 0.2) is 0 Å². The van der Waals surface area contributed by atoms with Crippen LogP contribution in [0.15, 0.2) is 4.52 Å². The number of nitrogens with zero attached hydrogens (tertiary/aromatic N) is 1. The van der Waals surface area contributed by atoms with Gasteiger partial charge in [-0.05, 0) is 20.8 Å². The van der Waals surface area contributed by atoms with Gasteiger partial charge in [0.05, 0.1) is 11.7 Å². The summed E-state index contributed by atoms with van der Waals surface area (Å²) in [6.45, 7) is 9.41. The molecule has 0 aliphatic rings. The molecule has 0 aliphatic carbocycles. The Kier molecular flexibility index (Phi) is 3.50. The van der Waals surface area contributed by atoms with E-state index in [1.165, 1.54) is 0 Å². The van der Waals surface area contributed by atoms with Crippen molar-refractivity contribution in [2.75, 3.05) is 0 Å². The first kappa shape index (κ1) is 11.8. The van der Waals surface area contributed by atoms with E-state index in [4.69, 9.17) is 4.52 Å². The molecule has 0 spiro atoms. The van der Waals surface area contributed by atoms with Crippen molar-refractivity contribution in [2.24, 2.45) is 5.92 Å². The predicted octanol–water partition coefficient (Wildman–Crippen LogP) is 2.12. The van der Waals surface area contributed by atoms with Crippen molar-refractivity contribution in [3.8, 4) is 0 Å². The third-order valence-electron chi connectivity index (χ3n) is 2.40. The van der Waals surface area contributed by atoms with Crippen molar-refractivity contribution in [1.82, 2.24) is 10.5 Å². The van der Waals surface area contributed by atoms with Gasteiger partial charge >= 0.3 is 0 Å². The molecule has 0 saturated carbocycles. The molecule has 0 saturated heterocycles. The second-order valence-corrected chi connectivity index (χ2v) is 4.12. The summed E-state index contributed by atoms with van der Waals surface area (Å²) in [5, 5.41) is 6.79. The lowest BCUT2D eigenvalue weighted by Crippen LogP contribution is -2.30. The fraction of sp³-hybridized carbons (Fsp3) is 0.636. The molecule has 1 heterocycles. The first-order chi connectivity index (χ1) is 6.93. The van der Waals surface area contributed by atoms with Crippen LogP contribution in [0.25, 0.3) is 0 Å². The molecular formula is C11H18N2O2. The van der Waals surface area contributed by atoms with Gasteiger partial charge < -0.3 is 9.84 Å². The molecule has 1 N–H and O–H groups in total. The summed E-state index contributed by atoms with van der Waals surface area (Å²) >= 11 is 0. The molecule has 0 fully saturated rings. The van der Waals surface area contributed by atoms with Crippen LogP contribution in [-0.2, 0) is 4.79 Å². The summed E-state index contributed by atoms with van der Waals surface area (Å²) in [6, 6.07) is -0.0499. The van der Waals surface area contributed by atoms with Crippen molar-refractivity contribution in [3.63, 3.8) is 0 Å². The standard InChI is InChI=1S/C11H18N2O2/c1-6(2)11(14)12-7(3)10-8(4)13-15-9(10)5/h6-7H,1-5H3,(H,12,14). The minimum atomic E-state index is -0.0499. The van der Waals surface area contributed by atoms with Gasteiger partial charge in [0.2, 0.25) is 5.91 Å². The van der Waals surface area contributed by atoms with Gasteiger partial charge in [-0.2, -0.15) is 0 Å². The first-order valence-corrected chi connectivity index (χ1v) is 5.16. The molecular weight excluding hydrogens is 192 g/mol. The van der Waals surface area contributed by atoms with E-state index < -0.39 is 0 Å². The first-order valence-electron chi connectivity index (χ1n) is 5.16. The van der Waals surface area contributed by atoms with Crippen LogP contribution in [0, 0.1) is 19.8 Å². The normalized spacial score (nSPS) is 12.9. The molecule has 1 aromatic rings. The summed E-state index contributed by atoms with van der Waals surface area (Å²) < 4.78 is 5.06. The molecule has 4 heteroatoms. The zero-order chi connectivity index (χ0) is 11.6. The molecule has 1 amide bonds. The van der Waals surface area contributed by atoms with Crippen molar-refractivity contribution >= 4 is 5.91 Å². The van der Waals surface area contributed by atoms with Gasteiger partial charge in [-0.1, -0.05) is 19.0 Å². The van der Waals surface area contributed by atoms with Crippen LogP contribution >= 0.6 is 0 Å². The largest absolute Gasteiger partial charge is 0.361 e. The summed E-state index contributed by atoms with van der Waals surface area (Å²) in [6.07, 6.45) is 0. The number of nitrogens with one attached hydrogen (secondary N) is 1. The monoisotopic (exact) mass is 210 g/mol. The van der Waals surface area contributed by atoms with Crippen LogP contribution in [0.1, 0.15) is 43.8 Å². The molecule has 0 radical (unpaired) electrons. The predicted molar refractivity (Wildman–Crippen MR) is 57.4 cm³/mol. The number of hydrogen-bond donors (Lipinski definition) is 1. The Labute approximate surface area is 90.0 Å². The quantitative estimate of drug-likeness (QED) is 0.831. The Hall–Kier alpha value is -1.32. The molecule has 1 rings (SSSR count). The van der Waals surface area contributed by atoms with Gasteiger partial charge in [0, 0.05) is 11.5 Å². The summed E-state index contributed by atoms with van der Waals surface area (Å²) in [4.78, 5) is 11.5. The lowest BCUT2D eigenvalue weighted by atomic mass is 10.1. The SMILES string of the molecule is Cc1noc(C)c1C(C)NC(=O)C(C)C. The van der Waals surface area contributed by atoms with E-state index in [-0.39, 0.29) is 17.9 Å². The van der Waals surface area contributed by atoms with Crippen LogP contribution in [0.3, 0.4) is 0 Å². The van der Waals surface area contributed by atoms with Crippen LogP contribution in [0.2, 0.25) is 0 Å². The minimum absolute atomic E-state index is 0.00655. The van der Waals surface area contributed by atoms with E-state index in [0.29, 0.717) is 0 Å². The van der Waals surface area contributed by atoms with Crippen molar-refractivity contribution in [1.29, 1.82) is 0 Å². The van der Waals surface area contributed by atoms with E-state index in [1.807, 2.05) is 34.6 Å². The Morgan fingerprint density at radius 3 is 2.33 bits per heavy atom. The van der Waals surface area contributed by atoms with Crippen LogP contribution < -0.4 is 5.32 Å². The number of aryl methyl sites for hydroxylation is 2. The van der Waals surface area contributed by atoms with Gasteiger partial charge in [-0.25, -0.2) is 0 Å². The number of amides is 1. The number of carbonyl (C=O) groups excluding carboxylic acids is 1. The van der Waals surface area contributed by atoms with Crippen LogP contribution in [0.4, 0.5) is 0 Å². The van der Waals surface area contributed by atoms with Crippen LogP contribution in [0.5, 0.6) is 0 Å². The summed E-state index contributed by atoms with van der Waals surface area (Å²) in [5.74, 6) is 0.805. The summed E-state index contributed by atoms with van der Waals surface area (Å²) in [7, 11) is 0. The van der Waals surface area contributed by atoms with E-state index >= 15 is 0 Å². The highest BCUT2D eigenvalue weighted by Crippen LogP contribution is 2.20. The average molecular weight is 210 g/mol. The smallest absolute Gasteiger partial charge is 0.223 e. The molecule has 0 bridgehead atoms. The Morgan fingerprint density at radius 2 is 1.93 bits per heavy atom. The number of aromatic nitrogens is 1. The molecule has 1 aromatic heterocycles. The van der Waals surface area contributed by atoms with Gasteiger partial charge in [0.1, 0.15) is 5.76 Å². The minimum Gasteiger partial charge on any atom is -0.361 e. The van der Waals surface area contributed by atoms with E-state index in [1.54, 1.807) is 0 Å². The third-order valence-corrected chi connectivity index (χ3v) is 2.40. The lowest BCUT2D eigenvalue weighted by molar-refractivity contribution is -0.124. The topological polar surface area (TPSA) is 55.1 Å². The van der Waals surface area contributed by atoms with Gasteiger partial charge in [-0.15, -0.1) is 0 Å². The van der Waals surface area contributed by atoms with E-state index in [2.05, 4.69) is 10.5 Å². The zero-order valence-electron chi connectivity index (χ0n) is 9.92. The van der Waals surface area contributed by atoms with E-state index in [0.717, 1.165) is 17.0 Å². The highest BCUT2D eigenvalue weighted by Gasteiger charge is 2.19. The lowest BCUT2D eigenvalue weighted by Gasteiger charge is -2.15. The second kappa shape index (κ2) is 4.47. The Morgan fingerprint density at radius 1 is 1.33 bits per heavy atom. The molecule has 0 aromatic carbocycles. The fourth-order valence-corrected chi connectivity index (χ4v) is 1.56. The number of rotatable bonds is 3. The summed E-state index contributed by atoms with van der Waals surface area (Å²) in [5.41, 5.74) is 1.81. The van der Waals surface area contributed by atoms with Gasteiger partial charge in [-0.3, -0.25) is 4.79 Å². The molecule has 15 heavy (non-hydrogen) atoms. The fourth-order valence-electron chi connectivity index (χ4n) is 1.56. The highest BCUT2D eigenvalue weighted by atomic mass is 16.5. The van der Waals surface area contributed by atoms with E-state index in [9.17, 15) is 4.79 Å². The van der Waals surface area contributed by atoms with Crippen molar-refractivity contribution < 1.29 is 9.32 Å². The molecule has 1 atom stereocenters.